The Balaban J connectivity index is 1.93. The average molecular weight is 300 g/mol. The summed E-state index contributed by atoms with van der Waals surface area (Å²) < 4.78 is 37.6. The maximum absolute atomic E-state index is 12.5. The largest absolute Gasteiger partial charge is 0.401 e. The number of hydrogen-bond acceptors (Lipinski definition) is 2. The molecule has 0 aliphatic heterocycles. The van der Waals surface area contributed by atoms with Crippen LogP contribution in [0.3, 0.4) is 0 Å². The van der Waals surface area contributed by atoms with Crippen LogP contribution in [0.4, 0.5) is 13.2 Å². The molecule has 0 unspecified atom stereocenters. The molecule has 5 heteroatoms. The number of nitrogens with zero attached hydrogens (tertiary/aromatic N) is 1. The number of hydrogen-bond donors (Lipinski definition) is 1. The van der Waals surface area contributed by atoms with E-state index < -0.39 is 12.7 Å². The van der Waals surface area contributed by atoms with Gasteiger partial charge in [0, 0.05) is 12.6 Å². The summed E-state index contributed by atoms with van der Waals surface area (Å²) in [7, 11) is 0. The lowest BCUT2D eigenvalue weighted by Gasteiger charge is -2.23. The van der Waals surface area contributed by atoms with Crippen LogP contribution in [0.1, 0.15) is 30.9 Å². The monoisotopic (exact) mass is 300 g/mol. The van der Waals surface area contributed by atoms with Gasteiger partial charge in [-0.05, 0) is 43.5 Å². The molecule has 1 aromatic carbocycles. The molecule has 2 rings (SSSR count). The molecule has 1 aliphatic carbocycles. The molecule has 0 saturated heterocycles. The zero-order valence-corrected chi connectivity index (χ0v) is 12.4. The molecule has 1 saturated carbocycles. The molecule has 0 radical (unpaired) electrons. The molecule has 0 spiro atoms. The summed E-state index contributed by atoms with van der Waals surface area (Å²) in [6.07, 6.45) is -0.775. The predicted octanol–water partition coefficient (Wildman–Crippen LogP) is 3.37. The van der Waals surface area contributed by atoms with Crippen LogP contribution in [0.25, 0.3) is 0 Å². The summed E-state index contributed by atoms with van der Waals surface area (Å²) in [5.74, 6) is 0. The second kappa shape index (κ2) is 7.27. The zero-order valence-electron chi connectivity index (χ0n) is 12.4. The normalized spacial score (nSPS) is 15.7. The summed E-state index contributed by atoms with van der Waals surface area (Å²) in [4.78, 5) is 1.44. The summed E-state index contributed by atoms with van der Waals surface area (Å²) >= 11 is 0. The summed E-state index contributed by atoms with van der Waals surface area (Å²) in [6.45, 7) is 2.57. The second-order valence-electron chi connectivity index (χ2n) is 5.67. The fourth-order valence-corrected chi connectivity index (χ4v) is 2.43. The van der Waals surface area contributed by atoms with Crippen molar-refractivity contribution in [3.63, 3.8) is 0 Å². The molecular formula is C16H23F3N2. The van der Waals surface area contributed by atoms with Crippen molar-refractivity contribution in [2.45, 2.75) is 44.9 Å². The highest BCUT2D eigenvalue weighted by molar-refractivity contribution is 5.27. The molecular weight excluding hydrogens is 277 g/mol. The maximum Gasteiger partial charge on any atom is 0.401 e. The zero-order chi connectivity index (χ0) is 15.3. The highest BCUT2D eigenvalue weighted by Gasteiger charge is 2.30. The van der Waals surface area contributed by atoms with Crippen LogP contribution >= 0.6 is 0 Å². The van der Waals surface area contributed by atoms with E-state index in [9.17, 15) is 13.2 Å². The van der Waals surface area contributed by atoms with E-state index in [4.69, 9.17) is 0 Å². The Labute approximate surface area is 124 Å². The number of nitrogens with one attached hydrogen (secondary N) is 1. The molecule has 2 nitrogen and oxygen atoms in total. The van der Waals surface area contributed by atoms with Crippen LogP contribution in [0.5, 0.6) is 0 Å². The Morgan fingerprint density at radius 3 is 2.43 bits per heavy atom. The summed E-state index contributed by atoms with van der Waals surface area (Å²) in [5, 5.41) is 3.44. The maximum atomic E-state index is 12.5. The van der Waals surface area contributed by atoms with Gasteiger partial charge in [-0.3, -0.25) is 4.90 Å². The average Bonchev–Trinajstić information content (AvgIpc) is 3.22. The molecule has 0 aromatic heterocycles. The Morgan fingerprint density at radius 1 is 1.19 bits per heavy atom. The molecule has 1 fully saturated rings. The molecule has 1 aromatic rings. The van der Waals surface area contributed by atoms with Crippen molar-refractivity contribution >= 4 is 0 Å². The van der Waals surface area contributed by atoms with E-state index in [0.717, 1.165) is 24.1 Å². The van der Waals surface area contributed by atoms with Gasteiger partial charge in [0.25, 0.3) is 0 Å². The van der Waals surface area contributed by atoms with E-state index in [1.54, 1.807) is 6.92 Å². The first kappa shape index (κ1) is 16.3. The molecule has 118 valence electrons. The molecule has 21 heavy (non-hydrogen) atoms. The Hall–Kier alpha value is -1.07. The third-order valence-electron chi connectivity index (χ3n) is 3.77. The van der Waals surface area contributed by atoms with Crippen molar-refractivity contribution in [3.05, 3.63) is 35.4 Å². The minimum atomic E-state index is -4.14. The van der Waals surface area contributed by atoms with Gasteiger partial charge in [-0.25, -0.2) is 0 Å². The van der Waals surface area contributed by atoms with Gasteiger partial charge in [-0.15, -0.1) is 0 Å². The van der Waals surface area contributed by atoms with Crippen molar-refractivity contribution in [3.8, 4) is 0 Å². The minimum absolute atomic E-state index is 0.357. The van der Waals surface area contributed by atoms with Crippen LogP contribution in [-0.2, 0) is 13.0 Å². The van der Waals surface area contributed by atoms with E-state index in [-0.39, 0.29) is 0 Å². The third-order valence-corrected chi connectivity index (χ3v) is 3.77. The highest BCUT2D eigenvalue weighted by Crippen LogP contribution is 2.20. The molecule has 0 heterocycles. The predicted molar refractivity (Wildman–Crippen MR) is 78.2 cm³/mol. The van der Waals surface area contributed by atoms with Crippen LogP contribution < -0.4 is 5.32 Å². The molecule has 1 aliphatic rings. The van der Waals surface area contributed by atoms with Crippen molar-refractivity contribution < 1.29 is 13.2 Å². The SMILES string of the molecule is CCN(Cc1ccccc1CCNC1CC1)CC(F)(F)F. The van der Waals surface area contributed by atoms with Gasteiger partial charge in [-0.1, -0.05) is 31.2 Å². The smallest absolute Gasteiger partial charge is 0.314 e. The first-order chi connectivity index (χ1) is 9.98. The number of halogens is 3. The molecule has 0 bridgehead atoms. The van der Waals surface area contributed by atoms with Crippen molar-refractivity contribution in [1.29, 1.82) is 0 Å². The van der Waals surface area contributed by atoms with E-state index >= 15 is 0 Å². The van der Waals surface area contributed by atoms with E-state index in [2.05, 4.69) is 5.32 Å². The van der Waals surface area contributed by atoms with Crippen molar-refractivity contribution in [1.82, 2.24) is 10.2 Å². The van der Waals surface area contributed by atoms with Gasteiger partial charge in [0.15, 0.2) is 0 Å². The Morgan fingerprint density at radius 2 is 1.86 bits per heavy atom. The fourth-order valence-electron chi connectivity index (χ4n) is 2.43. The number of rotatable bonds is 8. The Bertz CT molecular complexity index is 441. The molecule has 0 atom stereocenters. The van der Waals surface area contributed by atoms with Crippen molar-refractivity contribution in [2.24, 2.45) is 0 Å². The van der Waals surface area contributed by atoms with Crippen LogP contribution in [0, 0.1) is 0 Å². The fraction of sp³-hybridized carbons (Fsp3) is 0.625. The lowest BCUT2D eigenvalue weighted by molar-refractivity contribution is -0.146. The lowest BCUT2D eigenvalue weighted by atomic mass is 10.0. The van der Waals surface area contributed by atoms with Crippen LogP contribution in [0.2, 0.25) is 0 Å². The van der Waals surface area contributed by atoms with Gasteiger partial charge in [0.05, 0.1) is 6.54 Å². The first-order valence-electron chi connectivity index (χ1n) is 7.57. The third kappa shape index (κ3) is 6.06. The van der Waals surface area contributed by atoms with Gasteiger partial charge in [0.2, 0.25) is 0 Å². The minimum Gasteiger partial charge on any atom is -0.314 e. The summed E-state index contributed by atoms with van der Waals surface area (Å²) in [5.41, 5.74) is 2.15. The van der Waals surface area contributed by atoms with E-state index in [1.165, 1.54) is 17.7 Å². The molecule has 0 amide bonds. The molecule has 1 N–H and O–H groups in total. The summed E-state index contributed by atoms with van der Waals surface area (Å²) in [6, 6.07) is 8.47. The van der Waals surface area contributed by atoms with Gasteiger partial charge in [-0.2, -0.15) is 13.2 Å². The van der Waals surface area contributed by atoms with Gasteiger partial charge < -0.3 is 5.32 Å². The van der Waals surface area contributed by atoms with Crippen LogP contribution in [0.15, 0.2) is 24.3 Å². The van der Waals surface area contributed by atoms with E-state index in [1.807, 2.05) is 24.3 Å². The number of benzene rings is 1. The van der Waals surface area contributed by atoms with Gasteiger partial charge >= 0.3 is 6.18 Å². The Kier molecular flexibility index (Phi) is 5.65. The quantitative estimate of drug-likeness (QED) is 0.792. The van der Waals surface area contributed by atoms with Gasteiger partial charge in [0.1, 0.15) is 0 Å². The lowest BCUT2D eigenvalue weighted by Crippen LogP contribution is -2.34. The number of alkyl halides is 3. The first-order valence-corrected chi connectivity index (χ1v) is 7.57. The second-order valence-corrected chi connectivity index (χ2v) is 5.67. The topological polar surface area (TPSA) is 15.3 Å². The van der Waals surface area contributed by atoms with Crippen molar-refractivity contribution in [2.75, 3.05) is 19.6 Å². The standard InChI is InChI=1S/C16H23F3N2/c1-2-21(12-16(17,18)19)11-14-6-4-3-5-13(14)9-10-20-15-7-8-15/h3-6,15,20H,2,7-12H2,1H3. The highest BCUT2D eigenvalue weighted by atomic mass is 19.4. The van der Waals surface area contributed by atoms with E-state index in [0.29, 0.717) is 19.1 Å². The van der Waals surface area contributed by atoms with Crippen LogP contribution in [-0.4, -0.2) is 36.8 Å².